The first-order valence-corrected chi connectivity index (χ1v) is 8.61. The first-order valence-electron chi connectivity index (χ1n) is 8.61. The normalized spacial score (nSPS) is 32.8. The average molecular weight is 362 g/mol. The zero-order valence-electron chi connectivity index (χ0n) is 15.4. The molecule has 0 bridgehead atoms. The molecule has 0 aromatic rings. The van der Waals surface area contributed by atoms with E-state index in [1.165, 1.54) is 0 Å². The van der Waals surface area contributed by atoms with E-state index in [0.29, 0.717) is 6.61 Å². The highest BCUT2D eigenvalue weighted by Gasteiger charge is 2.32. The van der Waals surface area contributed by atoms with Crippen LogP contribution in [0.4, 0.5) is 13.2 Å². The first-order chi connectivity index (χ1) is 11.8. The average Bonchev–Trinajstić information content (AvgIpc) is 2.53. The van der Waals surface area contributed by atoms with Gasteiger partial charge in [-0.2, -0.15) is 13.2 Å². The molecule has 1 rings (SSSR count). The van der Waals surface area contributed by atoms with E-state index in [1.807, 2.05) is 26.8 Å². The van der Waals surface area contributed by atoms with E-state index in [2.05, 4.69) is 0 Å². The minimum atomic E-state index is -4.33. The van der Waals surface area contributed by atoms with Crippen LogP contribution < -0.4 is 0 Å². The van der Waals surface area contributed by atoms with Crippen LogP contribution in [0, 0.1) is 5.92 Å². The van der Waals surface area contributed by atoms with Crippen molar-refractivity contribution in [3.8, 4) is 0 Å². The van der Waals surface area contributed by atoms with Crippen molar-refractivity contribution in [2.24, 2.45) is 5.92 Å². The van der Waals surface area contributed by atoms with Gasteiger partial charge in [-0.3, -0.25) is 0 Å². The second-order valence-electron chi connectivity index (χ2n) is 6.20. The summed E-state index contributed by atoms with van der Waals surface area (Å²) < 4.78 is 55.8. The van der Waals surface area contributed by atoms with Gasteiger partial charge < -0.3 is 14.2 Å². The molecule has 0 aromatic heterocycles. The van der Waals surface area contributed by atoms with E-state index in [-0.39, 0.29) is 44.2 Å². The number of alkyl halides is 3. The molecule has 1 aliphatic rings. The molecule has 0 saturated heterocycles. The molecule has 1 heterocycles. The van der Waals surface area contributed by atoms with Gasteiger partial charge in [0.1, 0.15) is 6.10 Å². The summed E-state index contributed by atoms with van der Waals surface area (Å²) in [6, 6.07) is 0. The number of allylic oxidation sites excluding steroid dienone is 2. The highest BCUT2D eigenvalue weighted by molar-refractivity contribution is 5.12. The fourth-order valence-electron chi connectivity index (χ4n) is 2.86. The molecule has 144 valence electrons. The molecule has 0 aliphatic carbocycles. The Labute approximate surface area is 148 Å². The summed E-state index contributed by atoms with van der Waals surface area (Å²) >= 11 is 0. The van der Waals surface area contributed by atoms with Crippen LogP contribution in [-0.2, 0) is 14.2 Å². The van der Waals surface area contributed by atoms with Crippen LogP contribution >= 0.6 is 0 Å². The summed E-state index contributed by atoms with van der Waals surface area (Å²) in [7, 11) is 1.58. The highest BCUT2D eigenvalue weighted by atomic mass is 19.4. The predicted molar refractivity (Wildman–Crippen MR) is 92.5 cm³/mol. The van der Waals surface area contributed by atoms with Gasteiger partial charge in [-0.15, -0.1) is 0 Å². The van der Waals surface area contributed by atoms with Crippen LogP contribution in [0.5, 0.6) is 0 Å². The van der Waals surface area contributed by atoms with Crippen molar-refractivity contribution in [1.82, 2.24) is 0 Å². The molecule has 3 atom stereocenters. The zero-order chi connectivity index (χ0) is 18.9. The maximum atomic E-state index is 13.0. The molecule has 0 radical (unpaired) electrons. The van der Waals surface area contributed by atoms with Gasteiger partial charge in [-0.05, 0) is 26.7 Å². The van der Waals surface area contributed by atoms with E-state index in [9.17, 15) is 13.2 Å². The quantitative estimate of drug-likeness (QED) is 0.672. The van der Waals surface area contributed by atoms with Gasteiger partial charge in [0.05, 0.1) is 19.3 Å². The Balaban J connectivity index is 3.04. The maximum Gasteiger partial charge on any atom is 0.412 e. The van der Waals surface area contributed by atoms with Crippen molar-refractivity contribution in [3.63, 3.8) is 0 Å². The van der Waals surface area contributed by atoms with Gasteiger partial charge in [0.25, 0.3) is 0 Å². The van der Waals surface area contributed by atoms with Gasteiger partial charge in [0.15, 0.2) is 0 Å². The second-order valence-corrected chi connectivity index (χ2v) is 6.20. The van der Waals surface area contributed by atoms with Crippen LogP contribution in [0.3, 0.4) is 0 Å². The van der Waals surface area contributed by atoms with Crippen LogP contribution in [0.25, 0.3) is 0 Å². The minimum Gasteiger partial charge on any atom is -0.375 e. The summed E-state index contributed by atoms with van der Waals surface area (Å²) in [5.74, 6) is 0.0855. The molecule has 0 fully saturated rings. The standard InChI is InChI=1S/C19H29F3O3/c1-5-25-18-15(3)12-14(2)13-24-11-10-16(19(20,21)22)8-6-7-9-17(18)23-4/h7,9-10,12,15,17-18H,5-6,8,11,13H2,1-4H3/b9-7+,14-12-,16-10-/t15-,17+,18+/m1/s1. The van der Waals surface area contributed by atoms with Crippen molar-refractivity contribution in [3.05, 3.63) is 35.5 Å². The van der Waals surface area contributed by atoms with Crippen molar-refractivity contribution < 1.29 is 27.4 Å². The molecule has 0 unspecified atom stereocenters. The fourth-order valence-corrected chi connectivity index (χ4v) is 2.86. The van der Waals surface area contributed by atoms with E-state index in [4.69, 9.17) is 14.2 Å². The third-order valence-electron chi connectivity index (χ3n) is 4.07. The molecule has 25 heavy (non-hydrogen) atoms. The molecular weight excluding hydrogens is 333 g/mol. The summed E-state index contributed by atoms with van der Waals surface area (Å²) in [4.78, 5) is 0. The molecule has 0 aromatic carbocycles. The molecular formula is C19H29F3O3. The number of hydrogen-bond donors (Lipinski definition) is 0. The van der Waals surface area contributed by atoms with E-state index < -0.39 is 11.7 Å². The molecule has 0 amide bonds. The van der Waals surface area contributed by atoms with Crippen molar-refractivity contribution >= 4 is 0 Å². The van der Waals surface area contributed by atoms with Crippen molar-refractivity contribution in [1.29, 1.82) is 0 Å². The number of halogens is 3. The Morgan fingerprint density at radius 1 is 1.32 bits per heavy atom. The lowest BCUT2D eigenvalue weighted by Gasteiger charge is -2.28. The van der Waals surface area contributed by atoms with Crippen molar-refractivity contribution in [2.75, 3.05) is 26.9 Å². The largest absolute Gasteiger partial charge is 0.412 e. The number of hydrogen-bond acceptors (Lipinski definition) is 3. The number of ether oxygens (including phenoxy) is 3. The lowest BCUT2D eigenvalue weighted by Crippen LogP contribution is -2.34. The van der Waals surface area contributed by atoms with Gasteiger partial charge in [0.2, 0.25) is 0 Å². The Bertz CT molecular complexity index is 481. The van der Waals surface area contributed by atoms with E-state index in [0.717, 1.165) is 11.6 Å². The fraction of sp³-hybridized carbons (Fsp3) is 0.684. The van der Waals surface area contributed by atoms with Crippen LogP contribution in [-0.4, -0.2) is 45.3 Å². The third kappa shape index (κ3) is 7.75. The van der Waals surface area contributed by atoms with Gasteiger partial charge in [-0.25, -0.2) is 0 Å². The Kier molecular flexibility index (Phi) is 9.46. The van der Waals surface area contributed by atoms with E-state index in [1.54, 1.807) is 19.3 Å². The summed E-state index contributed by atoms with van der Waals surface area (Å²) in [5.41, 5.74) is 0.398. The van der Waals surface area contributed by atoms with Crippen LogP contribution in [0.15, 0.2) is 35.5 Å². The lowest BCUT2D eigenvalue weighted by molar-refractivity contribution is -0.0945. The Morgan fingerprint density at radius 2 is 2.04 bits per heavy atom. The van der Waals surface area contributed by atoms with Crippen molar-refractivity contribution in [2.45, 2.75) is 52.0 Å². The molecule has 0 spiro atoms. The lowest BCUT2D eigenvalue weighted by atomic mass is 9.96. The minimum absolute atomic E-state index is 0.0479. The van der Waals surface area contributed by atoms with Crippen LogP contribution in [0.2, 0.25) is 0 Å². The predicted octanol–water partition coefficient (Wildman–Crippen LogP) is 4.84. The van der Waals surface area contributed by atoms with Gasteiger partial charge in [0, 0.05) is 25.2 Å². The molecule has 1 aliphatic heterocycles. The smallest absolute Gasteiger partial charge is 0.375 e. The Hall–Kier alpha value is -1.11. The summed E-state index contributed by atoms with van der Waals surface area (Å²) in [6.07, 6.45) is 2.04. The maximum absolute atomic E-state index is 13.0. The number of rotatable bonds is 3. The molecule has 3 nitrogen and oxygen atoms in total. The molecule has 0 N–H and O–H groups in total. The first kappa shape index (κ1) is 21.9. The molecule has 0 saturated carbocycles. The van der Waals surface area contributed by atoms with Gasteiger partial charge in [-0.1, -0.05) is 36.8 Å². The third-order valence-corrected chi connectivity index (χ3v) is 4.07. The van der Waals surface area contributed by atoms with Crippen LogP contribution in [0.1, 0.15) is 33.6 Å². The molecule has 6 heteroatoms. The highest BCUT2D eigenvalue weighted by Crippen LogP contribution is 2.29. The summed E-state index contributed by atoms with van der Waals surface area (Å²) in [6.45, 7) is 6.63. The monoisotopic (exact) mass is 362 g/mol. The Morgan fingerprint density at radius 3 is 2.64 bits per heavy atom. The van der Waals surface area contributed by atoms with E-state index >= 15 is 0 Å². The zero-order valence-corrected chi connectivity index (χ0v) is 15.4. The second kappa shape index (κ2) is 10.8. The SMILES string of the molecule is CCO[C@H]1[C@H](C)/C=C(/C)COC/C=C(\C(F)(F)F)CC/C=C/[C@@H]1OC. The summed E-state index contributed by atoms with van der Waals surface area (Å²) in [5, 5.41) is 0. The number of methoxy groups -OCH3 is 1. The topological polar surface area (TPSA) is 27.7 Å². The van der Waals surface area contributed by atoms with Gasteiger partial charge >= 0.3 is 6.18 Å².